The van der Waals surface area contributed by atoms with Crippen molar-refractivity contribution in [2.24, 2.45) is 4.99 Å². The molecule has 0 unspecified atom stereocenters. The summed E-state index contributed by atoms with van der Waals surface area (Å²) in [6, 6.07) is 0.550. The number of H-pyrrole nitrogens is 1. The van der Waals surface area contributed by atoms with Gasteiger partial charge in [-0.15, -0.1) is 0 Å². The van der Waals surface area contributed by atoms with E-state index >= 15 is 0 Å². The zero-order chi connectivity index (χ0) is 13.3. The van der Waals surface area contributed by atoms with Gasteiger partial charge >= 0.3 is 0 Å². The summed E-state index contributed by atoms with van der Waals surface area (Å²) in [5.74, 6) is 1.17. The molecule has 0 radical (unpaired) electrons. The molecule has 1 aliphatic rings. The van der Waals surface area contributed by atoms with E-state index < -0.39 is 0 Å². The maximum Gasteiger partial charge on any atom is 0.205 e. The van der Waals surface area contributed by atoms with Gasteiger partial charge in [0.05, 0.1) is 0 Å². The van der Waals surface area contributed by atoms with E-state index in [1.54, 1.807) is 6.21 Å². The number of imidazole rings is 1. The van der Waals surface area contributed by atoms with E-state index in [4.69, 9.17) is 0 Å². The van der Waals surface area contributed by atoms with Crippen LogP contribution in [0.5, 0.6) is 0 Å². The summed E-state index contributed by atoms with van der Waals surface area (Å²) < 4.78 is 0. The van der Waals surface area contributed by atoms with Gasteiger partial charge in [-0.1, -0.05) is 6.58 Å². The molecule has 98 valence electrons. The average Bonchev–Trinajstić information content (AvgIpc) is 2.59. The van der Waals surface area contributed by atoms with Crippen LogP contribution in [0.25, 0.3) is 5.76 Å². The second-order valence-electron chi connectivity index (χ2n) is 4.62. The number of aromatic amines is 1. The van der Waals surface area contributed by atoms with Crippen LogP contribution < -0.4 is 4.90 Å². The maximum atomic E-state index is 9.49. The van der Waals surface area contributed by atoms with Gasteiger partial charge in [-0.05, 0) is 21.0 Å². The number of hydrogen-bond acceptors (Lipinski definition) is 5. The molecule has 0 aliphatic carbocycles. The van der Waals surface area contributed by atoms with Crippen LogP contribution >= 0.6 is 0 Å². The minimum atomic E-state index is -0.0426. The zero-order valence-corrected chi connectivity index (χ0v) is 11.0. The lowest BCUT2D eigenvalue weighted by Gasteiger charge is -2.42. The molecule has 6 heteroatoms. The molecule has 1 aromatic rings. The third-order valence-electron chi connectivity index (χ3n) is 3.10. The Morgan fingerprint density at radius 3 is 2.78 bits per heavy atom. The van der Waals surface area contributed by atoms with E-state index in [1.807, 2.05) is 6.92 Å². The van der Waals surface area contributed by atoms with Crippen molar-refractivity contribution in [3.05, 3.63) is 12.3 Å². The number of rotatable bonds is 4. The Labute approximate surface area is 107 Å². The largest absolute Gasteiger partial charge is 0.506 e. The summed E-state index contributed by atoms with van der Waals surface area (Å²) >= 11 is 0. The maximum absolute atomic E-state index is 9.49. The monoisotopic (exact) mass is 249 g/mol. The minimum absolute atomic E-state index is 0.0426. The summed E-state index contributed by atoms with van der Waals surface area (Å²) in [5.41, 5.74) is 0.483. The number of nitrogens with one attached hydrogen (secondary N) is 1. The van der Waals surface area contributed by atoms with Crippen molar-refractivity contribution in [2.75, 3.05) is 32.1 Å². The van der Waals surface area contributed by atoms with Gasteiger partial charge in [0.2, 0.25) is 5.95 Å². The van der Waals surface area contributed by atoms with Crippen LogP contribution in [-0.2, 0) is 0 Å². The van der Waals surface area contributed by atoms with Gasteiger partial charge in [0.15, 0.2) is 5.82 Å². The number of aliphatic imine (C=N–C) groups is 1. The van der Waals surface area contributed by atoms with Gasteiger partial charge in [0.25, 0.3) is 0 Å². The van der Waals surface area contributed by atoms with Crippen LogP contribution in [0, 0.1) is 0 Å². The highest BCUT2D eigenvalue weighted by atomic mass is 16.3. The number of nitrogens with zero attached hydrogens (tertiary/aromatic N) is 4. The molecule has 2 heterocycles. The second-order valence-corrected chi connectivity index (χ2v) is 4.62. The molecular weight excluding hydrogens is 230 g/mol. The number of hydrogen-bond donors (Lipinski definition) is 2. The number of anilines is 1. The summed E-state index contributed by atoms with van der Waals surface area (Å²) in [6.07, 6.45) is 1.64. The van der Waals surface area contributed by atoms with E-state index in [0.29, 0.717) is 17.6 Å². The van der Waals surface area contributed by atoms with Crippen molar-refractivity contribution >= 4 is 23.7 Å². The zero-order valence-electron chi connectivity index (χ0n) is 11.0. The Kier molecular flexibility index (Phi) is 3.38. The molecular formula is C12H19N5O. The average molecular weight is 249 g/mol. The fourth-order valence-corrected chi connectivity index (χ4v) is 1.87. The molecule has 0 aromatic carbocycles. The number of likely N-dealkylation sites (N-methyl/N-ethyl adjacent to an activating group) is 1. The van der Waals surface area contributed by atoms with Gasteiger partial charge in [-0.3, -0.25) is 0 Å². The third-order valence-corrected chi connectivity index (χ3v) is 3.10. The second kappa shape index (κ2) is 4.81. The van der Waals surface area contributed by atoms with E-state index in [2.05, 4.69) is 45.4 Å². The SMILES string of the molecule is C=C(O)c1[nH]c(N2CC(N(C)C)C2)nc1N=CC. The Bertz CT molecular complexity index is 471. The lowest BCUT2D eigenvalue weighted by atomic mass is 10.1. The predicted molar refractivity (Wildman–Crippen MR) is 73.8 cm³/mol. The van der Waals surface area contributed by atoms with E-state index in [-0.39, 0.29) is 5.76 Å². The lowest BCUT2D eigenvalue weighted by molar-refractivity contribution is 0.245. The molecule has 0 bridgehead atoms. The van der Waals surface area contributed by atoms with Crippen LogP contribution in [0.3, 0.4) is 0 Å². The molecule has 1 fully saturated rings. The Morgan fingerprint density at radius 2 is 2.28 bits per heavy atom. The molecule has 2 N–H and O–H groups in total. The van der Waals surface area contributed by atoms with Gasteiger partial charge < -0.3 is 19.9 Å². The van der Waals surface area contributed by atoms with E-state index in [9.17, 15) is 5.11 Å². The summed E-state index contributed by atoms with van der Waals surface area (Å²) in [6.45, 7) is 7.17. The van der Waals surface area contributed by atoms with Gasteiger partial charge in [0, 0.05) is 25.3 Å². The quantitative estimate of drug-likeness (QED) is 0.625. The highest BCUT2D eigenvalue weighted by Gasteiger charge is 2.31. The molecule has 1 aliphatic heterocycles. The molecule has 0 amide bonds. The first kappa shape index (κ1) is 12.6. The molecule has 0 spiro atoms. The first-order valence-electron chi connectivity index (χ1n) is 5.91. The van der Waals surface area contributed by atoms with Crippen LogP contribution in [-0.4, -0.2) is 59.4 Å². The van der Waals surface area contributed by atoms with Gasteiger partial charge in [-0.2, -0.15) is 4.98 Å². The summed E-state index contributed by atoms with van der Waals surface area (Å²) in [5, 5.41) is 9.49. The highest BCUT2D eigenvalue weighted by Crippen LogP contribution is 2.28. The molecule has 6 nitrogen and oxygen atoms in total. The smallest absolute Gasteiger partial charge is 0.205 e. The summed E-state index contributed by atoms with van der Waals surface area (Å²) in [4.78, 5) is 15.9. The van der Waals surface area contributed by atoms with Crippen molar-refractivity contribution < 1.29 is 5.11 Å². The van der Waals surface area contributed by atoms with Crippen LogP contribution in [0.1, 0.15) is 12.6 Å². The summed E-state index contributed by atoms with van der Waals surface area (Å²) in [7, 11) is 4.13. The fourth-order valence-electron chi connectivity index (χ4n) is 1.87. The minimum Gasteiger partial charge on any atom is -0.506 e. The number of aromatic nitrogens is 2. The van der Waals surface area contributed by atoms with Crippen LogP contribution in [0.4, 0.5) is 11.8 Å². The van der Waals surface area contributed by atoms with Crippen molar-refractivity contribution in [1.82, 2.24) is 14.9 Å². The number of aliphatic hydroxyl groups excluding tert-OH is 1. The Morgan fingerprint density at radius 1 is 1.61 bits per heavy atom. The first-order valence-corrected chi connectivity index (χ1v) is 5.91. The van der Waals surface area contributed by atoms with Gasteiger partial charge in [0.1, 0.15) is 11.5 Å². The standard InChI is InChI=1S/C12H19N5O/c1-5-13-11-10(8(2)18)14-12(15-11)17-6-9(7-17)16(3)4/h5,9,18H,2,6-7H2,1,3-4H3,(H,14,15). The van der Waals surface area contributed by atoms with Crippen molar-refractivity contribution in [1.29, 1.82) is 0 Å². The molecule has 1 saturated heterocycles. The molecule has 1 aromatic heterocycles. The van der Waals surface area contributed by atoms with E-state index in [0.717, 1.165) is 19.0 Å². The van der Waals surface area contributed by atoms with E-state index in [1.165, 1.54) is 0 Å². The van der Waals surface area contributed by atoms with Crippen molar-refractivity contribution in [2.45, 2.75) is 13.0 Å². The topological polar surface area (TPSA) is 67.8 Å². The third kappa shape index (κ3) is 2.24. The lowest BCUT2D eigenvalue weighted by Crippen LogP contribution is -2.57. The normalized spacial score (nSPS) is 16.6. The molecule has 2 rings (SSSR count). The van der Waals surface area contributed by atoms with Crippen molar-refractivity contribution in [3.8, 4) is 0 Å². The fraction of sp³-hybridized carbons (Fsp3) is 0.500. The van der Waals surface area contributed by atoms with Crippen molar-refractivity contribution in [3.63, 3.8) is 0 Å². The predicted octanol–water partition coefficient (Wildman–Crippen LogP) is 1.41. The molecule has 0 atom stereocenters. The first-order chi connectivity index (χ1) is 8.52. The molecule has 0 saturated carbocycles. The van der Waals surface area contributed by atoms with Crippen LogP contribution in [0.15, 0.2) is 11.6 Å². The van der Waals surface area contributed by atoms with Crippen LogP contribution in [0.2, 0.25) is 0 Å². The molecule has 18 heavy (non-hydrogen) atoms. The van der Waals surface area contributed by atoms with Gasteiger partial charge in [-0.25, -0.2) is 4.99 Å². The Hall–Kier alpha value is -1.82. The highest BCUT2D eigenvalue weighted by molar-refractivity contribution is 5.70. The number of aliphatic hydroxyl groups is 1. The Balaban J connectivity index is 2.16.